The molecule has 1 fully saturated rings. The number of aromatic nitrogens is 1. The summed E-state index contributed by atoms with van der Waals surface area (Å²) in [5.74, 6) is -0.465. The highest BCUT2D eigenvalue weighted by Crippen LogP contribution is 2.28. The van der Waals surface area contributed by atoms with Crippen LogP contribution in [0.1, 0.15) is 30.1 Å². The molecule has 1 aliphatic rings. The second kappa shape index (κ2) is 11.1. The Morgan fingerprint density at radius 1 is 1.52 bits per heavy atom. The van der Waals surface area contributed by atoms with Gasteiger partial charge in [-0.05, 0) is 19.1 Å². The number of quaternary nitrogens is 1. The topological polar surface area (TPSA) is 92.8 Å². The number of carbonyl (C=O) groups is 1. The molecule has 0 aromatic carbocycles. The molecule has 2 heterocycles. The van der Waals surface area contributed by atoms with Crippen LogP contribution in [0, 0.1) is 0 Å². The van der Waals surface area contributed by atoms with Crippen molar-refractivity contribution in [1.29, 1.82) is 0 Å². The summed E-state index contributed by atoms with van der Waals surface area (Å²) in [5.41, 5.74) is 5.67. The van der Waals surface area contributed by atoms with E-state index in [-0.39, 0.29) is 19.0 Å². The first-order valence-electron chi connectivity index (χ1n) is 6.63. The summed E-state index contributed by atoms with van der Waals surface area (Å²) < 4.78 is 0. The van der Waals surface area contributed by atoms with E-state index in [0.717, 1.165) is 31.0 Å². The molecular formula is C13H21Cl2N3O2S. The van der Waals surface area contributed by atoms with E-state index in [1.54, 1.807) is 24.8 Å². The zero-order chi connectivity index (χ0) is 15.0. The third-order valence-corrected chi connectivity index (χ3v) is 4.18. The summed E-state index contributed by atoms with van der Waals surface area (Å²) in [7, 11) is 0. The van der Waals surface area contributed by atoms with Crippen LogP contribution in [0.2, 0.25) is 5.15 Å². The lowest BCUT2D eigenvalue weighted by atomic mass is 10.2. The molecule has 21 heavy (non-hydrogen) atoms. The molecule has 120 valence electrons. The first-order valence-corrected chi connectivity index (χ1v) is 7.89. The molecule has 0 saturated carbocycles. The summed E-state index contributed by atoms with van der Waals surface area (Å²) in [4.78, 5) is 15.3. The van der Waals surface area contributed by atoms with Gasteiger partial charge in [-0.15, -0.1) is 11.8 Å². The van der Waals surface area contributed by atoms with Gasteiger partial charge in [-0.2, -0.15) is 0 Å². The Balaban J connectivity index is 0.000000922. The van der Waals surface area contributed by atoms with Gasteiger partial charge >= 0.3 is 0 Å². The molecule has 0 unspecified atom stereocenters. The number of piperidine rings is 1. The Kier molecular flexibility index (Phi) is 10.8. The summed E-state index contributed by atoms with van der Waals surface area (Å²) in [6, 6.07) is 3.22. The number of thioether (sulfide) groups is 1. The van der Waals surface area contributed by atoms with Crippen molar-refractivity contribution in [2.75, 3.05) is 19.7 Å². The quantitative estimate of drug-likeness (QED) is 0.530. The van der Waals surface area contributed by atoms with Gasteiger partial charge in [-0.3, -0.25) is 4.79 Å². The molecule has 1 saturated heterocycles. The lowest BCUT2D eigenvalue weighted by molar-refractivity contribution is -0.661. The Bertz CT molecular complexity index is 443. The summed E-state index contributed by atoms with van der Waals surface area (Å²) >= 11 is 7.56. The molecule has 1 aromatic heterocycles. The highest BCUT2D eigenvalue weighted by molar-refractivity contribution is 7.99. The molecule has 5 nitrogen and oxygen atoms in total. The van der Waals surface area contributed by atoms with Crippen LogP contribution in [0.15, 0.2) is 17.2 Å². The fourth-order valence-corrected chi connectivity index (χ4v) is 3.31. The maximum atomic E-state index is 11.1. The molecule has 1 amide bonds. The van der Waals surface area contributed by atoms with Crippen molar-refractivity contribution in [3.63, 3.8) is 0 Å². The molecule has 8 heteroatoms. The van der Waals surface area contributed by atoms with Gasteiger partial charge in [-0.25, -0.2) is 4.98 Å². The molecule has 0 bridgehead atoms. The number of amides is 1. The summed E-state index contributed by atoms with van der Waals surface area (Å²) in [6.45, 7) is 4.24. The first kappa shape index (κ1) is 20.5. The Morgan fingerprint density at radius 2 is 2.10 bits per heavy atom. The second-order valence-corrected chi connectivity index (χ2v) is 6.09. The van der Waals surface area contributed by atoms with Crippen molar-refractivity contribution < 1.29 is 27.6 Å². The van der Waals surface area contributed by atoms with Gasteiger partial charge in [0.1, 0.15) is 5.15 Å². The predicted molar refractivity (Wildman–Crippen MR) is 81.1 cm³/mol. The molecule has 2 rings (SSSR count). The minimum absolute atomic E-state index is 0. The number of hydrogen-bond donors (Lipinski definition) is 3. The second-order valence-electron chi connectivity index (χ2n) is 4.38. The number of primary amides is 1. The zero-order valence-electron chi connectivity index (χ0n) is 11.9. The van der Waals surface area contributed by atoms with Crippen LogP contribution in [0.25, 0.3) is 0 Å². The van der Waals surface area contributed by atoms with Crippen LogP contribution >= 0.6 is 23.4 Å². The molecule has 0 radical (unpaired) electrons. The fraction of sp³-hybridized carbons (Fsp3) is 0.538. The molecular weight excluding hydrogens is 333 g/mol. The van der Waals surface area contributed by atoms with Gasteiger partial charge in [0.05, 0.1) is 18.1 Å². The lowest BCUT2D eigenvalue weighted by Gasteiger charge is -2.19. The Labute approximate surface area is 140 Å². The zero-order valence-corrected chi connectivity index (χ0v) is 14.2. The van der Waals surface area contributed by atoms with Crippen molar-refractivity contribution in [3.8, 4) is 0 Å². The van der Waals surface area contributed by atoms with Gasteiger partial charge in [0, 0.05) is 30.3 Å². The van der Waals surface area contributed by atoms with Crippen LogP contribution in [0.3, 0.4) is 0 Å². The van der Waals surface area contributed by atoms with E-state index in [2.05, 4.69) is 10.3 Å². The smallest absolute Gasteiger partial charge is 0.248 e. The number of nitrogens with zero attached hydrogens (tertiary/aromatic N) is 1. The molecule has 1 aromatic rings. The third-order valence-electron chi connectivity index (χ3n) is 2.73. The number of rotatable bonds is 3. The minimum Gasteiger partial charge on any atom is -1.00 e. The predicted octanol–water partition coefficient (Wildman–Crippen LogP) is -2.35. The SMILES string of the molecule is CCO.NC(=O)c1cc(Cl)nc(SC2CC[NH2+]CC2)c1.[Cl-]. The first-order chi connectivity index (χ1) is 9.56. The maximum absolute atomic E-state index is 11.1. The van der Waals surface area contributed by atoms with E-state index in [9.17, 15) is 4.79 Å². The molecule has 0 spiro atoms. The van der Waals surface area contributed by atoms with Crippen LogP contribution in [0.5, 0.6) is 0 Å². The van der Waals surface area contributed by atoms with E-state index < -0.39 is 5.91 Å². The molecule has 1 aliphatic heterocycles. The van der Waals surface area contributed by atoms with E-state index >= 15 is 0 Å². The normalized spacial score (nSPS) is 14.6. The standard InChI is InChI=1S/C11H14ClN3OS.C2H6O.ClH/c12-9-5-7(11(13)16)6-10(15-9)17-8-1-3-14-4-2-8;1-2-3;/h5-6,8,14H,1-4H2,(H2,13,16);3H,2H2,1H3;1H. The lowest BCUT2D eigenvalue weighted by Crippen LogP contribution is -3.00. The average Bonchev–Trinajstić information content (AvgIpc) is 2.40. The number of carbonyl (C=O) groups excluding carboxylic acids is 1. The van der Waals surface area contributed by atoms with E-state index in [1.807, 2.05) is 0 Å². The fourth-order valence-electron chi connectivity index (χ4n) is 1.86. The maximum Gasteiger partial charge on any atom is 0.248 e. The number of aliphatic hydroxyl groups excluding tert-OH is 1. The van der Waals surface area contributed by atoms with Crippen molar-refractivity contribution in [1.82, 2.24) is 4.98 Å². The van der Waals surface area contributed by atoms with Gasteiger partial charge in [0.25, 0.3) is 0 Å². The number of nitrogens with two attached hydrogens (primary N) is 2. The van der Waals surface area contributed by atoms with Crippen LogP contribution < -0.4 is 23.5 Å². The highest BCUT2D eigenvalue weighted by Gasteiger charge is 2.18. The monoisotopic (exact) mass is 353 g/mol. The molecule has 5 N–H and O–H groups in total. The van der Waals surface area contributed by atoms with Crippen LogP contribution in [-0.2, 0) is 0 Å². The van der Waals surface area contributed by atoms with Crippen molar-refractivity contribution in [3.05, 3.63) is 22.8 Å². The Morgan fingerprint density at radius 3 is 2.62 bits per heavy atom. The van der Waals surface area contributed by atoms with Gasteiger partial charge < -0.3 is 28.6 Å². The van der Waals surface area contributed by atoms with Gasteiger partial charge in [0.2, 0.25) is 5.91 Å². The number of halogens is 2. The molecule has 0 atom stereocenters. The van der Waals surface area contributed by atoms with Gasteiger partial charge in [0.15, 0.2) is 0 Å². The number of hydrogen-bond acceptors (Lipinski definition) is 4. The highest BCUT2D eigenvalue weighted by atomic mass is 35.5. The van der Waals surface area contributed by atoms with Crippen LogP contribution in [-0.4, -0.2) is 40.9 Å². The van der Waals surface area contributed by atoms with Crippen molar-refractivity contribution >= 4 is 29.3 Å². The van der Waals surface area contributed by atoms with E-state index in [0.29, 0.717) is 16.0 Å². The third kappa shape index (κ3) is 7.87. The number of pyridine rings is 1. The summed E-state index contributed by atoms with van der Waals surface area (Å²) in [6.07, 6.45) is 2.32. The number of aliphatic hydroxyl groups is 1. The van der Waals surface area contributed by atoms with Gasteiger partial charge in [-0.1, -0.05) is 11.6 Å². The van der Waals surface area contributed by atoms with E-state index in [1.165, 1.54) is 6.07 Å². The van der Waals surface area contributed by atoms with Crippen molar-refractivity contribution in [2.45, 2.75) is 30.0 Å². The van der Waals surface area contributed by atoms with Crippen molar-refractivity contribution in [2.24, 2.45) is 5.73 Å². The average molecular weight is 354 g/mol. The molecule has 0 aliphatic carbocycles. The largest absolute Gasteiger partial charge is 1.00 e. The van der Waals surface area contributed by atoms with E-state index in [4.69, 9.17) is 22.4 Å². The Hall–Kier alpha value is -0.530. The summed E-state index contributed by atoms with van der Waals surface area (Å²) in [5, 5.41) is 11.6. The van der Waals surface area contributed by atoms with Crippen LogP contribution in [0.4, 0.5) is 0 Å². The minimum atomic E-state index is -0.465.